The van der Waals surface area contributed by atoms with Crippen LogP contribution in [0.3, 0.4) is 0 Å². The van der Waals surface area contributed by atoms with E-state index in [0.29, 0.717) is 16.4 Å². The fourth-order valence-corrected chi connectivity index (χ4v) is 5.51. The van der Waals surface area contributed by atoms with E-state index in [2.05, 4.69) is 9.58 Å². The summed E-state index contributed by atoms with van der Waals surface area (Å²) in [5.74, 6) is -13.4. The van der Waals surface area contributed by atoms with Gasteiger partial charge in [-0.2, -0.15) is 8.78 Å². The zero-order valence-corrected chi connectivity index (χ0v) is 22.6. The maximum atomic E-state index is 13.5. The van der Waals surface area contributed by atoms with Crippen molar-refractivity contribution in [3.63, 3.8) is 0 Å². The molecule has 1 unspecified atom stereocenters. The first kappa shape index (κ1) is 33.2. The Bertz CT molecular complexity index is 979. The van der Waals surface area contributed by atoms with Crippen LogP contribution in [0.25, 0.3) is 4.85 Å². The molecule has 1 aromatic rings. The fraction of sp³-hybridized carbons (Fsp3) is 0.565. The van der Waals surface area contributed by atoms with Gasteiger partial charge in [0.25, 0.3) is 4.87 Å². The van der Waals surface area contributed by atoms with E-state index >= 15 is 0 Å². The highest BCUT2D eigenvalue weighted by molar-refractivity contribution is 8.47. The molecule has 0 aliphatic heterocycles. The summed E-state index contributed by atoms with van der Waals surface area (Å²) < 4.78 is 81.6. The molecule has 0 spiro atoms. The second-order valence-electron chi connectivity index (χ2n) is 7.56. The number of carbonyl (C=O) groups excluding carboxylic acids is 2. The van der Waals surface area contributed by atoms with Crippen molar-refractivity contribution in [3.05, 3.63) is 40.5 Å². The van der Waals surface area contributed by atoms with Crippen molar-refractivity contribution in [1.82, 2.24) is 0 Å². The highest BCUT2D eigenvalue weighted by Crippen LogP contribution is 2.36. The van der Waals surface area contributed by atoms with Crippen LogP contribution < -0.4 is 4.74 Å². The number of nitrogens with zero attached hydrogens (tertiary/aromatic N) is 1. The number of hydrogen-bond acceptors (Lipinski definition) is 8. The highest BCUT2D eigenvalue weighted by Gasteiger charge is 2.33. The Hall–Kier alpha value is -1.79. The zero-order valence-electron chi connectivity index (χ0n) is 20.2. The van der Waals surface area contributed by atoms with Gasteiger partial charge in [0.15, 0.2) is 0 Å². The minimum atomic E-state index is -2.35. The second kappa shape index (κ2) is 16.9. The van der Waals surface area contributed by atoms with Gasteiger partial charge in [-0.25, -0.2) is 19.7 Å². The first-order valence-electron chi connectivity index (χ1n) is 11.1. The SMILES string of the molecule is [C-]#[N+]C(C)(CCC(=O)CCCOCCOCCC(=O)Oc1c(F)c(F)c(F)c(F)c1F)SC(=S)SCC. The van der Waals surface area contributed by atoms with Crippen molar-refractivity contribution in [1.29, 1.82) is 0 Å². The van der Waals surface area contributed by atoms with Crippen LogP contribution >= 0.6 is 35.7 Å². The average molecular weight is 588 g/mol. The van der Waals surface area contributed by atoms with Gasteiger partial charge in [-0.3, -0.25) is 14.4 Å². The number of hydrogen-bond donors (Lipinski definition) is 0. The van der Waals surface area contributed by atoms with Crippen LogP contribution in [0.15, 0.2) is 0 Å². The van der Waals surface area contributed by atoms with Crippen molar-refractivity contribution < 1.29 is 45.8 Å². The van der Waals surface area contributed by atoms with E-state index in [1.165, 1.54) is 23.5 Å². The molecular weight excluding hydrogens is 561 g/mol. The van der Waals surface area contributed by atoms with Crippen molar-refractivity contribution in [2.45, 2.75) is 50.8 Å². The van der Waals surface area contributed by atoms with Gasteiger partial charge >= 0.3 is 5.97 Å². The van der Waals surface area contributed by atoms with Gasteiger partial charge < -0.3 is 14.2 Å². The molecule has 6 nitrogen and oxygen atoms in total. The lowest BCUT2D eigenvalue weighted by Crippen LogP contribution is -2.18. The molecule has 0 fully saturated rings. The van der Waals surface area contributed by atoms with Crippen LogP contribution in [0.4, 0.5) is 22.0 Å². The van der Waals surface area contributed by atoms with Crippen LogP contribution in [0.2, 0.25) is 0 Å². The number of carbonyl (C=O) groups is 2. The standard InChI is InChI=1S/C23H26F5NO5S3/c1-4-36-22(35)37-23(2,29-3)9-7-14(30)6-5-10-32-12-13-33-11-8-15(31)34-21-19(27)17(25)16(24)18(26)20(21)28/h4-13H2,1-2H3. The topological polar surface area (TPSA) is 66.2 Å². The largest absolute Gasteiger partial charge is 0.420 e. The number of thioether (sulfide) groups is 2. The molecule has 37 heavy (non-hydrogen) atoms. The third-order valence-corrected chi connectivity index (χ3v) is 7.26. The lowest BCUT2D eigenvalue weighted by molar-refractivity contribution is -0.136. The van der Waals surface area contributed by atoms with Gasteiger partial charge in [0, 0.05) is 32.8 Å². The first-order chi connectivity index (χ1) is 17.5. The first-order valence-corrected chi connectivity index (χ1v) is 13.3. The lowest BCUT2D eigenvalue weighted by Gasteiger charge is -2.16. The van der Waals surface area contributed by atoms with Gasteiger partial charge in [0.2, 0.25) is 34.8 Å². The van der Waals surface area contributed by atoms with Gasteiger partial charge in [0.05, 0.1) is 26.2 Å². The number of rotatable bonds is 16. The van der Waals surface area contributed by atoms with Crippen molar-refractivity contribution in [3.8, 4) is 5.75 Å². The van der Waals surface area contributed by atoms with Gasteiger partial charge in [-0.15, -0.1) is 11.8 Å². The third-order valence-electron chi connectivity index (χ3n) is 4.62. The summed E-state index contributed by atoms with van der Waals surface area (Å²) in [4.78, 5) is 26.6. The van der Waals surface area contributed by atoms with E-state index in [9.17, 15) is 31.5 Å². The molecule has 14 heteroatoms. The molecular formula is C23H26F5NO5S3. The molecule has 0 saturated heterocycles. The van der Waals surface area contributed by atoms with E-state index in [4.69, 9.17) is 28.3 Å². The molecule has 0 aromatic heterocycles. The Balaban J connectivity index is 2.18. The molecule has 0 aliphatic carbocycles. The Morgan fingerprint density at radius 1 is 0.919 bits per heavy atom. The molecule has 1 aromatic carbocycles. The van der Waals surface area contributed by atoms with Gasteiger partial charge in [-0.05, 0) is 23.9 Å². The monoisotopic (exact) mass is 587 g/mol. The zero-order chi connectivity index (χ0) is 28.0. The minimum Gasteiger partial charge on any atom is -0.420 e. The molecule has 0 heterocycles. The number of Topliss-reactive ketones (excluding diaryl/α,β-unsaturated/α-hetero) is 1. The summed E-state index contributed by atoms with van der Waals surface area (Å²) in [7, 11) is 0. The molecule has 0 saturated carbocycles. The molecule has 0 amide bonds. The van der Waals surface area contributed by atoms with Crippen LogP contribution in [-0.4, -0.2) is 52.3 Å². The maximum Gasteiger partial charge on any atom is 0.313 e. The molecule has 1 rings (SSSR count). The van der Waals surface area contributed by atoms with Crippen LogP contribution in [0.5, 0.6) is 5.75 Å². The maximum absolute atomic E-state index is 13.5. The normalized spacial score (nSPS) is 12.6. The summed E-state index contributed by atoms with van der Waals surface area (Å²) >= 11 is 8.02. The number of thiocarbonyl (C=S) groups is 1. The van der Waals surface area contributed by atoms with Crippen molar-refractivity contribution in [2.24, 2.45) is 0 Å². The smallest absolute Gasteiger partial charge is 0.313 e. The highest BCUT2D eigenvalue weighted by atomic mass is 32.2. The molecule has 0 aliphatic rings. The fourth-order valence-electron chi connectivity index (χ4n) is 2.64. The lowest BCUT2D eigenvalue weighted by atomic mass is 10.1. The van der Waals surface area contributed by atoms with Crippen LogP contribution in [0, 0.1) is 35.7 Å². The quantitative estimate of drug-likeness (QED) is 0.0329. The Labute approximate surface area is 225 Å². The van der Waals surface area contributed by atoms with E-state index in [0.717, 1.165) is 5.75 Å². The third kappa shape index (κ3) is 11.6. The molecule has 0 bridgehead atoms. The van der Waals surface area contributed by atoms with Crippen LogP contribution in [-0.2, 0) is 19.1 Å². The van der Waals surface area contributed by atoms with E-state index in [-0.39, 0.29) is 45.1 Å². The predicted octanol–water partition coefficient (Wildman–Crippen LogP) is 6.25. The van der Waals surface area contributed by atoms with E-state index < -0.39 is 52.1 Å². The molecule has 0 radical (unpaired) electrons. The summed E-state index contributed by atoms with van der Waals surface area (Å²) in [6.45, 7) is 11.4. The Morgan fingerprint density at radius 2 is 1.49 bits per heavy atom. The minimum absolute atomic E-state index is 0.0108. The summed E-state index contributed by atoms with van der Waals surface area (Å²) in [6.07, 6.45) is 0.912. The van der Waals surface area contributed by atoms with Gasteiger partial charge in [-0.1, -0.05) is 19.1 Å². The average Bonchev–Trinajstić information content (AvgIpc) is 2.86. The van der Waals surface area contributed by atoms with E-state index in [1.807, 2.05) is 6.92 Å². The van der Waals surface area contributed by atoms with Crippen molar-refractivity contribution >= 4 is 51.0 Å². The number of esters is 1. The van der Waals surface area contributed by atoms with E-state index in [1.54, 1.807) is 6.92 Å². The summed E-state index contributed by atoms with van der Waals surface area (Å²) in [5, 5.41) is 0. The van der Waals surface area contributed by atoms with Crippen molar-refractivity contribution in [2.75, 3.05) is 32.2 Å². The summed E-state index contributed by atoms with van der Waals surface area (Å²) in [6, 6.07) is 0. The van der Waals surface area contributed by atoms with Crippen LogP contribution in [0.1, 0.15) is 46.0 Å². The Morgan fingerprint density at radius 3 is 2.05 bits per heavy atom. The molecule has 0 N–H and O–H groups in total. The number of halogens is 5. The molecule has 206 valence electrons. The summed E-state index contributed by atoms with van der Waals surface area (Å²) in [5.41, 5.74) is 0. The van der Waals surface area contributed by atoms with Gasteiger partial charge in [0.1, 0.15) is 9.31 Å². The second-order valence-corrected chi connectivity index (χ2v) is 11.5. The Kier molecular flexibility index (Phi) is 15.2. The number of ketones is 1. The number of ether oxygens (including phenoxy) is 3. The predicted molar refractivity (Wildman–Crippen MR) is 135 cm³/mol. The molecule has 1 atom stereocenters. The number of benzene rings is 1.